The van der Waals surface area contributed by atoms with E-state index >= 15 is 0 Å². The first-order valence-electron chi connectivity index (χ1n) is 8.71. The molecule has 0 atom stereocenters. The van der Waals surface area contributed by atoms with Crippen LogP contribution in [0.25, 0.3) is 10.9 Å². The molecule has 1 aliphatic heterocycles. The Balaban J connectivity index is 1.50. The van der Waals surface area contributed by atoms with Crippen LogP contribution in [0.1, 0.15) is 23.3 Å². The summed E-state index contributed by atoms with van der Waals surface area (Å²) in [6, 6.07) is 15.8. The fourth-order valence-electron chi connectivity index (χ4n) is 3.12. The highest BCUT2D eigenvalue weighted by Crippen LogP contribution is 2.25. The molecule has 1 saturated heterocycles. The lowest BCUT2D eigenvalue weighted by atomic mass is 10.2. The number of pyridine rings is 1. The summed E-state index contributed by atoms with van der Waals surface area (Å²) >= 11 is 0. The molecule has 27 heavy (non-hydrogen) atoms. The fraction of sp³-hybridized carbons (Fsp3) is 0.190. The zero-order chi connectivity index (χ0) is 18.8. The van der Waals surface area contributed by atoms with Crippen LogP contribution in [-0.2, 0) is 4.79 Å². The van der Waals surface area contributed by atoms with Gasteiger partial charge in [0.05, 0.1) is 12.6 Å². The summed E-state index contributed by atoms with van der Waals surface area (Å²) in [5.74, 6) is 0.734. The quantitative estimate of drug-likeness (QED) is 0.524. The molecule has 0 spiro atoms. The number of esters is 1. The second-order valence-electron chi connectivity index (χ2n) is 6.29. The van der Waals surface area contributed by atoms with Gasteiger partial charge in [0.15, 0.2) is 0 Å². The van der Waals surface area contributed by atoms with Crippen molar-refractivity contribution >= 4 is 28.5 Å². The van der Waals surface area contributed by atoms with Crippen molar-refractivity contribution in [1.29, 1.82) is 0 Å². The van der Waals surface area contributed by atoms with Crippen molar-refractivity contribution in [1.82, 2.24) is 4.98 Å². The van der Waals surface area contributed by atoms with Gasteiger partial charge in [-0.25, -0.2) is 9.78 Å². The average molecular weight is 362 g/mol. The van der Waals surface area contributed by atoms with E-state index in [2.05, 4.69) is 4.98 Å². The Morgan fingerprint density at radius 3 is 2.52 bits per heavy atom. The Kier molecular flexibility index (Phi) is 4.46. The summed E-state index contributed by atoms with van der Waals surface area (Å²) in [4.78, 5) is 30.3. The van der Waals surface area contributed by atoms with Crippen molar-refractivity contribution in [3.05, 3.63) is 60.3 Å². The van der Waals surface area contributed by atoms with Gasteiger partial charge in [0.1, 0.15) is 17.2 Å². The Morgan fingerprint density at radius 1 is 1.04 bits per heavy atom. The first-order chi connectivity index (χ1) is 13.1. The van der Waals surface area contributed by atoms with Crippen molar-refractivity contribution in [2.75, 3.05) is 18.6 Å². The van der Waals surface area contributed by atoms with E-state index in [-0.39, 0.29) is 11.6 Å². The van der Waals surface area contributed by atoms with E-state index in [1.54, 1.807) is 54.5 Å². The van der Waals surface area contributed by atoms with Gasteiger partial charge in [-0.3, -0.25) is 4.79 Å². The molecule has 3 aromatic rings. The van der Waals surface area contributed by atoms with Crippen molar-refractivity contribution in [3.8, 4) is 11.5 Å². The highest BCUT2D eigenvalue weighted by atomic mass is 16.5. The van der Waals surface area contributed by atoms with Gasteiger partial charge in [0.25, 0.3) is 0 Å². The number of hydrogen-bond acceptors (Lipinski definition) is 5. The van der Waals surface area contributed by atoms with Crippen LogP contribution in [-0.4, -0.2) is 30.5 Å². The number of benzene rings is 2. The van der Waals surface area contributed by atoms with Crippen molar-refractivity contribution in [3.63, 3.8) is 0 Å². The Morgan fingerprint density at radius 2 is 1.81 bits per heavy atom. The second-order valence-corrected chi connectivity index (χ2v) is 6.29. The van der Waals surface area contributed by atoms with Crippen LogP contribution in [0.4, 0.5) is 5.69 Å². The van der Waals surface area contributed by atoms with Gasteiger partial charge in [0.2, 0.25) is 5.91 Å². The van der Waals surface area contributed by atoms with Crippen LogP contribution in [0.2, 0.25) is 0 Å². The molecular formula is C21H18N2O4. The molecule has 1 aliphatic rings. The largest absolute Gasteiger partial charge is 0.497 e. The molecular weight excluding hydrogens is 344 g/mol. The molecule has 1 aromatic heterocycles. The number of carbonyl (C=O) groups excluding carboxylic acids is 2. The van der Waals surface area contributed by atoms with Gasteiger partial charge in [-0.2, -0.15) is 0 Å². The predicted octanol–water partition coefficient (Wildman–Crippen LogP) is 3.59. The molecule has 0 N–H and O–H groups in total. The van der Waals surface area contributed by atoms with E-state index in [1.165, 1.54) is 0 Å². The van der Waals surface area contributed by atoms with Gasteiger partial charge in [-0.15, -0.1) is 0 Å². The second kappa shape index (κ2) is 7.07. The van der Waals surface area contributed by atoms with Gasteiger partial charge < -0.3 is 14.4 Å². The maximum atomic E-state index is 12.4. The van der Waals surface area contributed by atoms with Crippen LogP contribution in [0.15, 0.2) is 54.6 Å². The van der Waals surface area contributed by atoms with E-state index in [4.69, 9.17) is 9.47 Å². The number of amides is 1. The molecule has 0 saturated carbocycles. The molecule has 2 heterocycles. The van der Waals surface area contributed by atoms with Crippen LogP contribution in [0.5, 0.6) is 11.5 Å². The average Bonchev–Trinajstić information content (AvgIpc) is 3.13. The molecule has 1 fully saturated rings. The van der Waals surface area contributed by atoms with E-state index in [0.717, 1.165) is 29.8 Å². The van der Waals surface area contributed by atoms with Crippen LogP contribution in [0.3, 0.4) is 0 Å². The van der Waals surface area contributed by atoms with Gasteiger partial charge in [-0.05, 0) is 55.0 Å². The summed E-state index contributed by atoms with van der Waals surface area (Å²) in [6.45, 7) is 0.726. The van der Waals surface area contributed by atoms with Crippen LogP contribution < -0.4 is 14.4 Å². The maximum Gasteiger partial charge on any atom is 0.362 e. The number of aromatic nitrogens is 1. The number of ether oxygens (including phenoxy) is 2. The third-order valence-electron chi connectivity index (χ3n) is 4.54. The van der Waals surface area contributed by atoms with Gasteiger partial charge in [-0.1, -0.05) is 6.07 Å². The molecule has 0 unspecified atom stereocenters. The van der Waals surface area contributed by atoms with Crippen molar-refractivity contribution < 1.29 is 19.1 Å². The minimum atomic E-state index is -0.530. The molecule has 4 rings (SSSR count). The molecule has 0 radical (unpaired) electrons. The summed E-state index contributed by atoms with van der Waals surface area (Å²) < 4.78 is 10.6. The summed E-state index contributed by atoms with van der Waals surface area (Å²) in [5, 5.41) is 0.880. The highest BCUT2D eigenvalue weighted by molar-refractivity contribution is 5.95. The molecule has 0 bridgehead atoms. The lowest BCUT2D eigenvalue weighted by Crippen LogP contribution is -2.23. The first kappa shape index (κ1) is 17.0. The van der Waals surface area contributed by atoms with E-state index in [0.29, 0.717) is 17.7 Å². The predicted molar refractivity (Wildman–Crippen MR) is 101 cm³/mol. The summed E-state index contributed by atoms with van der Waals surface area (Å²) in [6.07, 6.45) is 1.45. The molecule has 136 valence electrons. The monoisotopic (exact) mass is 362 g/mol. The lowest BCUT2D eigenvalue weighted by molar-refractivity contribution is -0.117. The van der Waals surface area contributed by atoms with Crippen molar-refractivity contribution in [2.45, 2.75) is 12.8 Å². The standard InChI is InChI=1S/C21H18N2O4/c1-26-17-9-11-18-14(13-17)4-10-19(22-18)21(25)27-16-7-5-15(6-8-16)23-12-2-3-20(23)24/h4-11,13H,2-3,12H2,1H3. The van der Waals surface area contributed by atoms with E-state index < -0.39 is 5.97 Å². The Bertz CT molecular complexity index is 1010. The maximum absolute atomic E-state index is 12.4. The number of carbonyl (C=O) groups is 2. The highest BCUT2D eigenvalue weighted by Gasteiger charge is 2.21. The molecule has 0 aliphatic carbocycles. The fourth-order valence-corrected chi connectivity index (χ4v) is 3.12. The summed E-state index contributed by atoms with van der Waals surface area (Å²) in [5.41, 5.74) is 1.73. The van der Waals surface area contributed by atoms with Gasteiger partial charge in [0, 0.05) is 24.0 Å². The zero-order valence-electron chi connectivity index (χ0n) is 14.8. The number of rotatable bonds is 4. The van der Waals surface area contributed by atoms with Gasteiger partial charge >= 0.3 is 5.97 Å². The number of nitrogens with zero attached hydrogens (tertiary/aromatic N) is 2. The molecule has 6 heteroatoms. The molecule has 1 amide bonds. The van der Waals surface area contributed by atoms with E-state index in [1.807, 2.05) is 12.1 Å². The normalized spacial score (nSPS) is 13.8. The third kappa shape index (κ3) is 3.46. The zero-order valence-corrected chi connectivity index (χ0v) is 14.8. The SMILES string of the molecule is COc1ccc2nc(C(=O)Oc3ccc(N4CCCC4=O)cc3)ccc2c1. The van der Waals surface area contributed by atoms with E-state index in [9.17, 15) is 9.59 Å². The molecule has 2 aromatic carbocycles. The van der Waals surface area contributed by atoms with Crippen LogP contribution >= 0.6 is 0 Å². The Hall–Kier alpha value is -3.41. The smallest absolute Gasteiger partial charge is 0.362 e. The topological polar surface area (TPSA) is 68.7 Å². The Labute approximate surface area is 156 Å². The summed E-state index contributed by atoms with van der Waals surface area (Å²) in [7, 11) is 1.60. The number of fused-ring (bicyclic) bond motifs is 1. The number of methoxy groups -OCH3 is 1. The minimum absolute atomic E-state index is 0.122. The first-order valence-corrected chi connectivity index (χ1v) is 8.71. The number of hydrogen-bond donors (Lipinski definition) is 0. The molecule has 6 nitrogen and oxygen atoms in total. The minimum Gasteiger partial charge on any atom is -0.497 e. The lowest BCUT2D eigenvalue weighted by Gasteiger charge is -2.15. The third-order valence-corrected chi connectivity index (χ3v) is 4.54. The van der Waals surface area contributed by atoms with Crippen LogP contribution in [0, 0.1) is 0 Å². The number of anilines is 1. The van der Waals surface area contributed by atoms with Crippen molar-refractivity contribution in [2.24, 2.45) is 0 Å².